The Morgan fingerprint density at radius 3 is 1.60 bits per heavy atom. The number of fused-ring (bicyclic) bond motifs is 9. The van der Waals surface area contributed by atoms with Crippen LogP contribution in [-0.4, -0.2) is 0 Å². The summed E-state index contributed by atoms with van der Waals surface area (Å²) in [5.74, 6) is 0. The van der Waals surface area contributed by atoms with E-state index in [0.717, 1.165) is 50.1 Å². The molecular formula is C58H41NO. The fourth-order valence-corrected chi connectivity index (χ4v) is 10.6. The van der Waals surface area contributed by atoms with Crippen LogP contribution in [0, 0.1) is 0 Å². The predicted octanol–water partition coefficient (Wildman–Crippen LogP) is 15.4. The monoisotopic (exact) mass is 767 g/mol. The molecule has 0 saturated heterocycles. The molecular weight excluding hydrogens is 727 g/mol. The zero-order chi connectivity index (χ0) is 40.0. The third-order valence-corrected chi connectivity index (χ3v) is 13.4. The van der Waals surface area contributed by atoms with Gasteiger partial charge in [0.1, 0.15) is 11.2 Å². The van der Waals surface area contributed by atoms with Crippen molar-refractivity contribution in [2.75, 3.05) is 4.90 Å². The molecule has 2 nitrogen and oxygen atoms in total. The zero-order valence-corrected chi connectivity index (χ0v) is 33.6. The van der Waals surface area contributed by atoms with Crippen molar-refractivity contribution in [3.05, 3.63) is 246 Å². The highest BCUT2D eigenvalue weighted by Crippen LogP contribution is 2.58. The van der Waals surface area contributed by atoms with E-state index < -0.39 is 5.41 Å². The lowest BCUT2D eigenvalue weighted by molar-refractivity contribution is 0.660. The lowest BCUT2D eigenvalue weighted by Crippen LogP contribution is -2.28. The van der Waals surface area contributed by atoms with Crippen LogP contribution in [-0.2, 0) is 10.8 Å². The van der Waals surface area contributed by atoms with Gasteiger partial charge in [0.25, 0.3) is 0 Å². The molecule has 1 heterocycles. The van der Waals surface area contributed by atoms with Gasteiger partial charge in [-0.05, 0) is 110 Å². The number of anilines is 3. The van der Waals surface area contributed by atoms with Gasteiger partial charge in [0, 0.05) is 33.1 Å². The maximum Gasteiger partial charge on any atom is 0.136 e. The van der Waals surface area contributed by atoms with Gasteiger partial charge in [-0.25, -0.2) is 0 Å². The molecule has 10 aromatic rings. The minimum atomic E-state index is -0.524. The molecule has 284 valence electrons. The first-order chi connectivity index (χ1) is 29.5. The van der Waals surface area contributed by atoms with Gasteiger partial charge in [0.2, 0.25) is 0 Å². The van der Waals surface area contributed by atoms with E-state index in [-0.39, 0.29) is 5.41 Å². The summed E-state index contributed by atoms with van der Waals surface area (Å²) in [6.07, 6.45) is 0. The molecule has 0 radical (unpaired) electrons. The fraction of sp³-hybridized carbons (Fsp3) is 0.0690. The van der Waals surface area contributed by atoms with Crippen molar-refractivity contribution in [1.82, 2.24) is 0 Å². The van der Waals surface area contributed by atoms with Crippen molar-refractivity contribution in [3.63, 3.8) is 0 Å². The number of rotatable bonds is 6. The maximum absolute atomic E-state index is 6.46. The van der Waals surface area contributed by atoms with E-state index >= 15 is 0 Å². The number of para-hydroxylation sites is 2. The molecule has 12 rings (SSSR count). The van der Waals surface area contributed by atoms with E-state index in [0.29, 0.717) is 0 Å². The van der Waals surface area contributed by atoms with Gasteiger partial charge < -0.3 is 9.32 Å². The highest BCUT2D eigenvalue weighted by atomic mass is 16.3. The molecule has 0 saturated carbocycles. The molecule has 0 aliphatic heterocycles. The number of hydrogen-bond donors (Lipinski definition) is 0. The number of nitrogens with zero attached hydrogens (tertiary/aromatic N) is 1. The van der Waals surface area contributed by atoms with Crippen LogP contribution in [0.5, 0.6) is 0 Å². The predicted molar refractivity (Wildman–Crippen MR) is 249 cm³/mol. The highest BCUT2D eigenvalue weighted by Gasteiger charge is 2.46. The van der Waals surface area contributed by atoms with Gasteiger partial charge in [-0.2, -0.15) is 0 Å². The van der Waals surface area contributed by atoms with Crippen LogP contribution in [0.2, 0.25) is 0 Å². The van der Waals surface area contributed by atoms with Gasteiger partial charge in [0.05, 0.1) is 11.1 Å². The van der Waals surface area contributed by atoms with Crippen LogP contribution in [0.1, 0.15) is 47.2 Å². The third kappa shape index (κ3) is 4.88. The number of furan rings is 1. The molecule has 0 spiro atoms. The molecule has 1 aromatic heterocycles. The summed E-state index contributed by atoms with van der Waals surface area (Å²) < 4.78 is 6.46. The standard InChI is InChI=1S/C58H41NO/c1-57(2)50-25-13-9-22-44(50)46-33-30-41(36-52(46)57)59(54-27-15-11-21-43(54)38-29-32-49-48-24-12-16-28-55(48)60-56(49)35-38)42-31-34-47-45-23-10-14-26-51(45)58(53(47)37-42,39-17-5-3-6-18-39)40-19-7-4-8-20-40/h3-37H,1-2H3. The molecule has 2 aliphatic carbocycles. The van der Waals surface area contributed by atoms with Crippen molar-refractivity contribution < 1.29 is 4.42 Å². The van der Waals surface area contributed by atoms with Crippen LogP contribution in [0.3, 0.4) is 0 Å². The normalized spacial score (nSPS) is 14.1. The van der Waals surface area contributed by atoms with Crippen molar-refractivity contribution >= 4 is 39.0 Å². The van der Waals surface area contributed by atoms with Crippen molar-refractivity contribution in [3.8, 4) is 33.4 Å². The summed E-state index contributed by atoms with van der Waals surface area (Å²) >= 11 is 0. The number of hydrogen-bond acceptors (Lipinski definition) is 2. The van der Waals surface area contributed by atoms with Crippen molar-refractivity contribution in [1.29, 1.82) is 0 Å². The van der Waals surface area contributed by atoms with E-state index in [1.165, 1.54) is 55.6 Å². The average molecular weight is 768 g/mol. The summed E-state index contributed by atoms with van der Waals surface area (Å²) in [5.41, 5.74) is 19.6. The minimum absolute atomic E-state index is 0.158. The Hall–Kier alpha value is -7.42. The van der Waals surface area contributed by atoms with Gasteiger partial charge >= 0.3 is 0 Å². The van der Waals surface area contributed by atoms with Gasteiger partial charge in [0.15, 0.2) is 0 Å². The molecule has 0 unspecified atom stereocenters. The summed E-state index contributed by atoms with van der Waals surface area (Å²) in [6, 6.07) is 78.1. The first-order valence-electron chi connectivity index (χ1n) is 20.9. The van der Waals surface area contributed by atoms with Crippen molar-refractivity contribution in [2.24, 2.45) is 0 Å². The van der Waals surface area contributed by atoms with Gasteiger partial charge in [-0.15, -0.1) is 0 Å². The lowest BCUT2D eigenvalue weighted by atomic mass is 9.67. The van der Waals surface area contributed by atoms with Crippen molar-refractivity contribution in [2.45, 2.75) is 24.7 Å². The summed E-state index contributed by atoms with van der Waals surface area (Å²) in [6.45, 7) is 4.73. The van der Waals surface area contributed by atoms with Crippen LogP contribution in [0.25, 0.3) is 55.3 Å². The Labute approximate surface area is 350 Å². The second-order valence-electron chi connectivity index (χ2n) is 16.8. The van der Waals surface area contributed by atoms with Crippen LogP contribution in [0.4, 0.5) is 17.1 Å². The SMILES string of the molecule is CC1(C)c2ccccc2-c2ccc(N(c3ccc4c(c3)C(c3ccccc3)(c3ccccc3)c3ccccc3-4)c3ccccc3-c3ccc4c(c3)oc3ccccc34)cc21. The second-order valence-corrected chi connectivity index (χ2v) is 16.8. The Balaban J connectivity index is 1.12. The molecule has 0 fully saturated rings. The molecule has 9 aromatic carbocycles. The Bertz CT molecular complexity index is 3260. The molecule has 0 bridgehead atoms. The largest absolute Gasteiger partial charge is 0.456 e. The van der Waals surface area contributed by atoms with Crippen LogP contribution < -0.4 is 4.90 Å². The summed E-state index contributed by atoms with van der Waals surface area (Å²) in [4.78, 5) is 2.49. The van der Waals surface area contributed by atoms with E-state index in [1.807, 2.05) is 6.07 Å². The van der Waals surface area contributed by atoms with Crippen LogP contribution in [0.15, 0.2) is 217 Å². The van der Waals surface area contributed by atoms with E-state index in [9.17, 15) is 0 Å². The lowest BCUT2D eigenvalue weighted by Gasteiger charge is -2.35. The van der Waals surface area contributed by atoms with Gasteiger partial charge in [-0.3, -0.25) is 0 Å². The molecule has 2 aliphatic rings. The number of benzene rings is 9. The molecule has 0 atom stereocenters. The smallest absolute Gasteiger partial charge is 0.136 e. The van der Waals surface area contributed by atoms with Gasteiger partial charge in [-0.1, -0.05) is 178 Å². The maximum atomic E-state index is 6.46. The Morgan fingerprint density at radius 2 is 0.883 bits per heavy atom. The molecule has 60 heavy (non-hydrogen) atoms. The fourth-order valence-electron chi connectivity index (χ4n) is 10.6. The van der Waals surface area contributed by atoms with Crippen LogP contribution >= 0.6 is 0 Å². The molecule has 0 amide bonds. The first kappa shape index (κ1) is 34.6. The minimum Gasteiger partial charge on any atom is -0.456 e. The summed E-state index contributed by atoms with van der Waals surface area (Å²) in [7, 11) is 0. The zero-order valence-electron chi connectivity index (χ0n) is 33.6. The Morgan fingerprint density at radius 1 is 0.367 bits per heavy atom. The van der Waals surface area contributed by atoms with E-state index in [1.54, 1.807) is 0 Å². The molecule has 0 N–H and O–H groups in total. The average Bonchev–Trinajstić information content (AvgIpc) is 3.90. The topological polar surface area (TPSA) is 16.4 Å². The van der Waals surface area contributed by atoms with E-state index in [2.05, 4.69) is 225 Å². The first-order valence-corrected chi connectivity index (χ1v) is 20.9. The van der Waals surface area contributed by atoms with E-state index in [4.69, 9.17) is 4.42 Å². The molecule has 2 heteroatoms. The summed E-state index contributed by atoms with van der Waals surface area (Å²) in [5, 5.41) is 2.26. The third-order valence-electron chi connectivity index (χ3n) is 13.4. The second kappa shape index (κ2) is 13.0. The Kier molecular flexibility index (Phi) is 7.52. The quantitative estimate of drug-likeness (QED) is 0.168. The highest BCUT2D eigenvalue weighted by molar-refractivity contribution is 6.06.